The fraction of sp³-hybridized carbons (Fsp3) is 0.300. The van der Waals surface area contributed by atoms with Crippen LogP contribution in [0.5, 0.6) is 0 Å². The summed E-state index contributed by atoms with van der Waals surface area (Å²) in [6.45, 7) is 0.487. The topological polar surface area (TPSA) is 75.4 Å². The van der Waals surface area contributed by atoms with Crippen LogP contribution in [0.3, 0.4) is 0 Å². The zero-order valence-corrected chi connectivity index (χ0v) is 16.0. The summed E-state index contributed by atoms with van der Waals surface area (Å²) in [5.41, 5.74) is 8.66. The largest absolute Gasteiger partial charge is 0.354 e. The van der Waals surface area contributed by atoms with E-state index in [2.05, 4.69) is 5.32 Å². The highest BCUT2D eigenvalue weighted by atomic mass is 35.5. The van der Waals surface area contributed by atoms with Crippen LogP contribution in [-0.2, 0) is 17.6 Å². The number of rotatable bonds is 7. The highest BCUT2D eigenvalue weighted by molar-refractivity contribution is 5.94. The molecule has 5 nitrogen and oxygen atoms in total. The first-order valence-corrected chi connectivity index (χ1v) is 8.35. The molecule has 2 rings (SSSR count). The number of amides is 2. The smallest absolute Gasteiger partial charge is 0.253 e. The zero-order valence-electron chi connectivity index (χ0n) is 15.1. The number of hydrogen-bond acceptors (Lipinski definition) is 3. The van der Waals surface area contributed by atoms with E-state index in [-0.39, 0.29) is 24.2 Å². The quantitative estimate of drug-likeness (QED) is 0.777. The Morgan fingerprint density at radius 1 is 1.04 bits per heavy atom. The van der Waals surface area contributed by atoms with Crippen molar-refractivity contribution in [1.82, 2.24) is 10.2 Å². The van der Waals surface area contributed by atoms with Gasteiger partial charge in [0, 0.05) is 26.2 Å². The molecule has 0 aliphatic carbocycles. The summed E-state index contributed by atoms with van der Waals surface area (Å²) in [4.78, 5) is 25.6. The van der Waals surface area contributed by atoms with E-state index in [9.17, 15) is 9.59 Å². The minimum atomic E-state index is -0.566. The first-order valence-electron chi connectivity index (χ1n) is 8.35. The highest BCUT2D eigenvalue weighted by Gasteiger charge is 2.13. The van der Waals surface area contributed by atoms with Crippen molar-refractivity contribution in [2.75, 3.05) is 20.6 Å². The first kappa shape index (κ1) is 21.7. The Morgan fingerprint density at radius 3 is 2.35 bits per heavy atom. The molecular weight excluding hydrogens is 350 g/mol. The van der Waals surface area contributed by atoms with Crippen molar-refractivity contribution in [3.63, 3.8) is 0 Å². The summed E-state index contributed by atoms with van der Waals surface area (Å²) in [5, 5.41) is 2.86. The Labute approximate surface area is 161 Å². The van der Waals surface area contributed by atoms with Gasteiger partial charge in [-0.15, -0.1) is 12.4 Å². The molecule has 0 aliphatic rings. The molecule has 0 saturated heterocycles. The second kappa shape index (κ2) is 10.6. The van der Waals surface area contributed by atoms with Crippen molar-refractivity contribution in [3.8, 4) is 0 Å². The van der Waals surface area contributed by atoms with E-state index in [1.165, 1.54) is 0 Å². The number of halogens is 1. The van der Waals surface area contributed by atoms with Gasteiger partial charge in [-0.2, -0.15) is 0 Å². The average Bonchev–Trinajstić information content (AvgIpc) is 2.62. The summed E-state index contributed by atoms with van der Waals surface area (Å²) in [6.07, 6.45) is 1.16. The van der Waals surface area contributed by atoms with Crippen LogP contribution in [0.2, 0.25) is 0 Å². The van der Waals surface area contributed by atoms with Crippen LogP contribution in [0.4, 0.5) is 0 Å². The van der Waals surface area contributed by atoms with Gasteiger partial charge in [0.1, 0.15) is 0 Å². The maximum absolute atomic E-state index is 12.1. The Hall–Kier alpha value is -2.37. The van der Waals surface area contributed by atoms with Crippen LogP contribution in [-0.4, -0.2) is 43.4 Å². The number of nitrogens with two attached hydrogens (primary N) is 1. The minimum Gasteiger partial charge on any atom is -0.354 e. The van der Waals surface area contributed by atoms with Gasteiger partial charge in [0.05, 0.1) is 6.04 Å². The van der Waals surface area contributed by atoms with Gasteiger partial charge in [-0.3, -0.25) is 9.59 Å². The predicted octanol–water partition coefficient (Wildman–Crippen LogP) is 2.04. The lowest BCUT2D eigenvalue weighted by atomic mass is 10.1. The number of nitrogens with one attached hydrogen (secondary N) is 1. The van der Waals surface area contributed by atoms with Crippen LogP contribution in [0.25, 0.3) is 0 Å². The van der Waals surface area contributed by atoms with Gasteiger partial charge < -0.3 is 16.0 Å². The molecule has 3 N–H and O–H groups in total. The molecule has 0 heterocycles. The van der Waals surface area contributed by atoms with Gasteiger partial charge in [0.2, 0.25) is 5.91 Å². The van der Waals surface area contributed by atoms with E-state index in [1.54, 1.807) is 25.1 Å². The second-order valence-corrected chi connectivity index (χ2v) is 6.24. The molecule has 0 bridgehead atoms. The first-order chi connectivity index (χ1) is 12.0. The van der Waals surface area contributed by atoms with Crippen molar-refractivity contribution in [3.05, 3.63) is 71.3 Å². The summed E-state index contributed by atoms with van der Waals surface area (Å²) in [5.74, 6) is -0.194. The van der Waals surface area contributed by atoms with E-state index in [1.807, 2.05) is 48.5 Å². The molecule has 0 spiro atoms. The van der Waals surface area contributed by atoms with Gasteiger partial charge in [-0.25, -0.2) is 0 Å². The Morgan fingerprint density at radius 2 is 1.69 bits per heavy atom. The molecule has 140 valence electrons. The summed E-state index contributed by atoms with van der Waals surface area (Å²) < 4.78 is 0. The van der Waals surface area contributed by atoms with E-state index in [0.717, 1.165) is 11.1 Å². The molecule has 0 aromatic heterocycles. The lowest BCUT2D eigenvalue weighted by Gasteiger charge is -2.13. The van der Waals surface area contributed by atoms with E-state index < -0.39 is 6.04 Å². The second-order valence-electron chi connectivity index (χ2n) is 6.24. The van der Waals surface area contributed by atoms with Crippen molar-refractivity contribution < 1.29 is 9.59 Å². The maximum Gasteiger partial charge on any atom is 0.253 e. The van der Waals surface area contributed by atoms with E-state index in [0.29, 0.717) is 24.9 Å². The Balaban J connectivity index is 0.00000338. The van der Waals surface area contributed by atoms with Crippen LogP contribution < -0.4 is 11.1 Å². The number of hydrogen-bond donors (Lipinski definition) is 2. The maximum atomic E-state index is 12.1. The standard InChI is InChI=1S/C20H25N3O2.ClH/c1-23(2)20(25)17-10-6-9-16(13-17)11-12-22-19(24)18(21)14-15-7-4-3-5-8-15;/h3-10,13,18H,11-12,14,21H2,1-2H3,(H,22,24);1H/t18-;/m0./s1. The molecule has 0 fully saturated rings. The number of benzene rings is 2. The molecule has 6 heteroatoms. The predicted molar refractivity (Wildman–Crippen MR) is 107 cm³/mol. The SMILES string of the molecule is CN(C)C(=O)c1cccc(CCNC(=O)[C@@H](N)Cc2ccccc2)c1.Cl. The van der Waals surface area contributed by atoms with Gasteiger partial charge in [0.15, 0.2) is 0 Å². The molecule has 0 radical (unpaired) electrons. The minimum absolute atomic E-state index is 0. The van der Waals surface area contributed by atoms with Gasteiger partial charge in [0.25, 0.3) is 5.91 Å². The third-order valence-corrected chi connectivity index (χ3v) is 3.93. The lowest BCUT2D eigenvalue weighted by Crippen LogP contribution is -2.42. The molecule has 1 atom stereocenters. The molecule has 2 aromatic rings. The zero-order chi connectivity index (χ0) is 18.2. The Kier molecular flexibility index (Phi) is 8.82. The molecule has 0 unspecified atom stereocenters. The van der Waals surface area contributed by atoms with Gasteiger partial charge in [-0.05, 0) is 36.1 Å². The molecule has 2 aromatic carbocycles. The lowest BCUT2D eigenvalue weighted by molar-refractivity contribution is -0.122. The number of carbonyl (C=O) groups is 2. The monoisotopic (exact) mass is 375 g/mol. The normalized spacial score (nSPS) is 11.2. The summed E-state index contributed by atoms with van der Waals surface area (Å²) >= 11 is 0. The van der Waals surface area contributed by atoms with Gasteiger partial charge >= 0.3 is 0 Å². The van der Waals surface area contributed by atoms with Crippen LogP contribution in [0.1, 0.15) is 21.5 Å². The summed E-state index contributed by atoms with van der Waals surface area (Å²) in [7, 11) is 3.45. The average molecular weight is 376 g/mol. The highest BCUT2D eigenvalue weighted by Crippen LogP contribution is 2.08. The van der Waals surface area contributed by atoms with Crippen LogP contribution in [0, 0.1) is 0 Å². The van der Waals surface area contributed by atoms with Crippen molar-refractivity contribution in [1.29, 1.82) is 0 Å². The molecular formula is C20H26ClN3O2. The Bertz CT molecular complexity index is 720. The van der Waals surface area contributed by atoms with Crippen LogP contribution in [0.15, 0.2) is 54.6 Å². The molecule has 0 saturated carbocycles. The number of nitrogens with zero attached hydrogens (tertiary/aromatic N) is 1. The third kappa shape index (κ3) is 6.50. The van der Waals surface area contributed by atoms with Crippen molar-refractivity contribution >= 4 is 24.2 Å². The van der Waals surface area contributed by atoms with Crippen molar-refractivity contribution in [2.45, 2.75) is 18.9 Å². The molecule has 0 aliphatic heterocycles. The van der Waals surface area contributed by atoms with E-state index in [4.69, 9.17) is 5.73 Å². The third-order valence-electron chi connectivity index (χ3n) is 3.93. The fourth-order valence-corrected chi connectivity index (χ4v) is 2.54. The van der Waals surface area contributed by atoms with Crippen LogP contribution >= 0.6 is 12.4 Å². The van der Waals surface area contributed by atoms with Gasteiger partial charge in [-0.1, -0.05) is 42.5 Å². The molecule has 2 amide bonds. The molecule has 26 heavy (non-hydrogen) atoms. The van der Waals surface area contributed by atoms with Crippen molar-refractivity contribution in [2.24, 2.45) is 5.73 Å². The summed E-state index contributed by atoms with van der Waals surface area (Å²) in [6, 6.07) is 16.6. The van der Waals surface area contributed by atoms with E-state index >= 15 is 0 Å². The fourth-order valence-electron chi connectivity index (χ4n) is 2.54. The number of carbonyl (C=O) groups excluding carboxylic acids is 2.